The molecule has 2 nitrogen and oxygen atoms in total. The van der Waals surface area contributed by atoms with Gasteiger partial charge in [0.1, 0.15) is 0 Å². The van der Waals surface area contributed by atoms with E-state index in [9.17, 15) is 0 Å². The zero-order valence-electron chi connectivity index (χ0n) is 24.6. The van der Waals surface area contributed by atoms with Gasteiger partial charge in [0.05, 0.1) is 0 Å². The van der Waals surface area contributed by atoms with E-state index < -0.39 is 71.9 Å². The van der Waals surface area contributed by atoms with Crippen LogP contribution >= 0.6 is 0 Å². The standard InChI is InChI=1S/C15H11F3O.C10H13.C9H4F6O.Sb/c16-15(17,18)14(19,13-9-5-2-6-10-13)11-12-7-3-1-4-8-12;1-10(2,3)9-7-5-4-6-8-9;10-8(11,12)7(16,9(13,14)15)6-4-2-1-3-5-6;/h1-11H;5-8H,1-3H3;1-4H;/q-1;;-1;+2/t14-;;;/m0.../s1. The van der Waals surface area contributed by atoms with Gasteiger partial charge < -0.3 is 0 Å². The molecule has 0 aromatic heterocycles. The summed E-state index contributed by atoms with van der Waals surface area (Å²) in [7, 11) is 0. The summed E-state index contributed by atoms with van der Waals surface area (Å²) in [6.45, 7) is 5.53. The normalized spacial score (nSPS) is 24.4. The van der Waals surface area contributed by atoms with E-state index in [1.54, 1.807) is 0 Å². The van der Waals surface area contributed by atoms with Crippen LogP contribution in [0.2, 0.25) is 0 Å². The van der Waals surface area contributed by atoms with Crippen molar-refractivity contribution in [2.45, 2.75) is 59.8 Å². The number of alkyl halides is 9. The summed E-state index contributed by atoms with van der Waals surface area (Å²) in [5.41, 5.74) is -10.1. The van der Waals surface area contributed by atoms with E-state index in [2.05, 4.69) is 0 Å². The maximum atomic E-state index is 15.8. The van der Waals surface area contributed by atoms with Gasteiger partial charge in [0.2, 0.25) is 0 Å². The summed E-state index contributed by atoms with van der Waals surface area (Å²) in [4.78, 5) is 0. The average Bonchev–Trinajstić information content (AvgIpc) is 3.28. The predicted octanol–water partition coefficient (Wildman–Crippen LogP) is 8.66. The van der Waals surface area contributed by atoms with Gasteiger partial charge in [0, 0.05) is 0 Å². The number of rotatable bonds is 3. The molecule has 0 bridgehead atoms. The molecule has 244 valence electrons. The van der Waals surface area contributed by atoms with E-state index in [4.69, 9.17) is 6.03 Å². The molecule has 1 saturated heterocycles. The van der Waals surface area contributed by atoms with Gasteiger partial charge in [-0.05, 0) is 0 Å². The van der Waals surface area contributed by atoms with Crippen LogP contribution in [-0.2, 0) is 22.6 Å². The van der Waals surface area contributed by atoms with Gasteiger partial charge in [-0.25, -0.2) is 0 Å². The molecule has 2 heterocycles. The number of halogens is 9. The molecule has 12 heteroatoms. The second-order valence-electron chi connectivity index (χ2n) is 12.6. The van der Waals surface area contributed by atoms with E-state index in [1.165, 1.54) is 78.9 Å². The van der Waals surface area contributed by atoms with E-state index in [-0.39, 0.29) is 9.07 Å². The van der Waals surface area contributed by atoms with Crippen LogP contribution in [0.25, 0.3) is 0 Å². The van der Waals surface area contributed by atoms with Crippen LogP contribution in [-0.4, -0.2) is 36.8 Å². The van der Waals surface area contributed by atoms with Crippen LogP contribution in [0, 0.1) is 0 Å². The van der Waals surface area contributed by atoms with E-state index in [0.717, 1.165) is 24.3 Å². The molecule has 0 unspecified atom stereocenters. The molecule has 0 radical (unpaired) electrons. The first-order valence-corrected chi connectivity index (χ1v) is 20.3. The first kappa shape index (κ1) is 32.9. The Kier molecular flexibility index (Phi) is 7.15. The van der Waals surface area contributed by atoms with Crippen LogP contribution in [0.5, 0.6) is 0 Å². The summed E-state index contributed by atoms with van der Waals surface area (Å²) in [5, 5.41) is 0. The fourth-order valence-electron chi connectivity index (χ4n) is 7.05. The number of hydrogen-bond donors (Lipinski definition) is 0. The van der Waals surface area contributed by atoms with Crippen molar-refractivity contribution in [1.82, 2.24) is 0 Å². The number of hydrogen-bond acceptors (Lipinski definition) is 2. The summed E-state index contributed by atoms with van der Waals surface area (Å²) < 4.78 is 147. The molecular formula is C34H28F9O2Sb. The van der Waals surface area contributed by atoms with Crippen molar-refractivity contribution >= 4 is 25.3 Å². The third kappa shape index (κ3) is 4.06. The van der Waals surface area contributed by atoms with Crippen LogP contribution < -0.4 is 7.02 Å². The Hall–Kier alpha value is -3.01. The van der Waals surface area contributed by atoms with E-state index in [0.29, 0.717) is 11.6 Å². The molecule has 6 rings (SSSR count). The predicted molar refractivity (Wildman–Crippen MR) is 156 cm³/mol. The van der Waals surface area contributed by atoms with Crippen molar-refractivity contribution in [3.8, 4) is 0 Å². The molecule has 0 amide bonds. The Labute approximate surface area is 261 Å². The first-order valence-electron chi connectivity index (χ1n) is 14.2. The van der Waals surface area contributed by atoms with Gasteiger partial charge >= 0.3 is 262 Å². The van der Waals surface area contributed by atoms with Crippen molar-refractivity contribution in [3.05, 3.63) is 131 Å². The minimum atomic E-state index is -7.43. The van der Waals surface area contributed by atoms with Crippen molar-refractivity contribution in [1.29, 1.82) is 0 Å². The van der Waals surface area contributed by atoms with Gasteiger partial charge in [-0.2, -0.15) is 0 Å². The fourth-order valence-corrected chi connectivity index (χ4v) is 25.8. The van der Waals surface area contributed by atoms with Crippen LogP contribution in [0.3, 0.4) is 0 Å². The molecule has 1 spiro atoms. The quantitative estimate of drug-likeness (QED) is 0.154. The Morgan fingerprint density at radius 1 is 0.565 bits per heavy atom. The molecule has 2 aliphatic heterocycles. The minimum absolute atomic E-state index is 0.161. The number of benzene rings is 4. The van der Waals surface area contributed by atoms with Gasteiger partial charge in [0.15, 0.2) is 0 Å². The summed E-state index contributed by atoms with van der Waals surface area (Å²) in [6.07, 6.45) is -17.6. The summed E-state index contributed by atoms with van der Waals surface area (Å²) in [6, 6.07) is 22.5. The molecule has 46 heavy (non-hydrogen) atoms. The molecule has 0 saturated carbocycles. The number of fused-ring (bicyclic) bond motifs is 2. The molecule has 2 atom stereocenters. The second kappa shape index (κ2) is 10.0. The topological polar surface area (TPSA) is 18.5 Å². The molecule has 4 aromatic carbocycles. The third-order valence-corrected chi connectivity index (χ3v) is 24.6. The van der Waals surface area contributed by atoms with Crippen molar-refractivity contribution in [3.63, 3.8) is 0 Å². The molecule has 4 aromatic rings. The Morgan fingerprint density at radius 2 is 1.07 bits per heavy atom. The fraction of sp³-hybridized carbons (Fsp3) is 0.294. The third-order valence-electron chi connectivity index (χ3n) is 9.00. The molecule has 0 N–H and O–H groups in total. The molecular weight excluding hydrogens is 733 g/mol. The van der Waals surface area contributed by atoms with Gasteiger partial charge in [-0.15, -0.1) is 0 Å². The average molecular weight is 761 g/mol. The summed E-state index contributed by atoms with van der Waals surface area (Å²) in [5.74, 6) is 0. The molecule has 2 aliphatic rings. The SMILES string of the molecule is CC(C)(C)c1cc[c]([Sb]23([O]C(C(F)(F)F)(C(F)(F)F)c4cccc[c]42)[O][C@@](c2ccccc2)(C(F)(F)F)[C@@H]3c2ccccc2)cc1. The monoisotopic (exact) mass is 760 g/mol. The van der Waals surface area contributed by atoms with Crippen molar-refractivity contribution in [2.24, 2.45) is 0 Å². The van der Waals surface area contributed by atoms with Gasteiger partial charge in [0.25, 0.3) is 0 Å². The van der Waals surface area contributed by atoms with Crippen LogP contribution in [0.4, 0.5) is 39.5 Å². The summed E-state index contributed by atoms with van der Waals surface area (Å²) >= 11 is -7.43. The Morgan fingerprint density at radius 3 is 1.57 bits per heavy atom. The molecule has 1 fully saturated rings. The zero-order chi connectivity index (χ0) is 33.6. The Balaban J connectivity index is 1.84. The van der Waals surface area contributed by atoms with Gasteiger partial charge in [-0.3, -0.25) is 0 Å². The van der Waals surface area contributed by atoms with Crippen molar-refractivity contribution < 1.29 is 45.5 Å². The second-order valence-corrected chi connectivity index (χ2v) is 23.8. The Bertz CT molecular complexity index is 1750. The van der Waals surface area contributed by atoms with Crippen LogP contribution in [0.1, 0.15) is 46.9 Å². The van der Waals surface area contributed by atoms with Gasteiger partial charge in [-0.1, -0.05) is 0 Å². The zero-order valence-corrected chi connectivity index (χ0v) is 27.2. The van der Waals surface area contributed by atoms with Crippen LogP contribution in [0.15, 0.2) is 109 Å². The first-order chi connectivity index (χ1) is 21.3. The van der Waals surface area contributed by atoms with Crippen molar-refractivity contribution in [2.75, 3.05) is 0 Å². The van der Waals surface area contributed by atoms with E-state index in [1.807, 2.05) is 20.8 Å². The van der Waals surface area contributed by atoms with E-state index >= 15 is 39.5 Å². The molecule has 0 aliphatic carbocycles. The maximum absolute atomic E-state index is 15.8.